The molecular weight excluding hydrogens is 196 g/mol. The Balaban J connectivity index is 2.52. The lowest BCUT2D eigenvalue weighted by Crippen LogP contribution is -2.31. The van der Waals surface area contributed by atoms with Crippen LogP contribution in [0, 0.1) is 6.92 Å². The fourth-order valence-electron chi connectivity index (χ4n) is 1.92. The Hall–Kier alpha value is -0.860. The Kier molecular flexibility index (Phi) is 6.12. The molecule has 0 fully saturated rings. The summed E-state index contributed by atoms with van der Waals surface area (Å²) < 4.78 is 0. The average molecular weight is 220 g/mol. The van der Waals surface area contributed by atoms with Gasteiger partial charge in [-0.1, -0.05) is 36.8 Å². The molecule has 0 aliphatic heterocycles. The van der Waals surface area contributed by atoms with Gasteiger partial charge < -0.3 is 5.32 Å². The molecule has 0 spiro atoms. The number of nitrogens with zero attached hydrogens (tertiary/aromatic N) is 1. The average Bonchev–Trinajstić information content (AvgIpc) is 2.26. The molecule has 0 bridgehead atoms. The van der Waals surface area contributed by atoms with Crippen molar-refractivity contribution in [1.82, 2.24) is 10.2 Å². The first-order chi connectivity index (χ1) is 7.76. The highest BCUT2D eigenvalue weighted by molar-refractivity contribution is 5.22. The highest BCUT2D eigenvalue weighted by atomic mass is 15.1. The Morgan fingerprint density at radius 3 is 2.69 bits per heavy atom. The van der Waals surface area contributed by atoms with Crippen LogP contribution in [0.25, 0.3) is 0 Å². The van der Waals surface area contributed by atoms with Crippen molar-refractivity contribution in [3.63, 3.8) is 0 Å². The van der Waals surface area contributed by atoms with Crippen LogP contribution in [0.2, 0.25) is 0 Å². The fourth-order valence-corrected chi connectivity index (χ4v) is 1.92. The van der Waals surface area contributed by atoms with Crippen LogP contribution in [0.5, 0.6) is 0 Å². The first kappa shape index (κ1) is 13.2. The second kappa shape index (κ2) is 7.42. The van der Waals surface area contributed by atoms with E-state index in [-0.39, 0.29) is 0 Å². The fraction of sp³-hybridized carbons (Fsp3) is 0.571. The number of benzene rings is 1. The monoisotopic (exact) mass is 220 g/mol. The number of nitrogens with one attached hydrogen (secondary N) is 1. The Morgan fingerprint density at radius 1 is 1.25 bits per heavy atom. The minimum Gasteiger partial charge on any atom is -0.318 e. The molecule has 1 rings (SSSR count). The number of rotatable bonds is 7. The standard InChI is InChI=1S/C14H24N2/c1-4-9-16(10-8-15-3)12-14-7-5-6-13(2)11-14/h5-7,11,15H,4,8-10,12H2,1-3H3. The van der Waals surface area contributed by atoms with Crippen molar-refractivity contribution in [3.8, 4) is 0 Å². The van der Waals surface area contributed by atoms with Crippen LogP contribution in [0.15, 0.2) is 24.3 Å². The molecular formula is C14H24N2. The van der Waals surface area contributed by atoms with Gasteiger partial charge >= 0.3 is 0 Å². The van der Waals surface area contributed by atoms with Crippen molar-refractivity contribution in [2.24, 2.45) is 0 Å². The second-order valence-corrected chi connectivity index (χ2v) is 4.37. The first-order valence-corrected chi connectivity index (χ1v) is 6.18. The van der Waals surface area contributed by atoms with E-state index in [1.165, 1.54) is 24.1 Å². The third kappa shape index (κ3) is 4.77. The van der Waals surface area contributed by atoms with E-state index in [0.717, 1.165) is 19.6 Å². The lowest BCUT2D eigenvalue weighted by Gasteiger charge is -2.21. The Morgan fingerprint density at radius 2 is 2.06 bits per heavy atom. The van der Waals surface area contributed by atoms with Crippen LogP contribution in [-0.2, 0) is 6.54 Å². The molecule has 0 saturated heterocycles. The third-order valence-electron chi connectivity index (χ3n) is 2.71. The molecule has 0 aliphatic carbocycles. The molecule has 0 saturated carbocycles. The predicted molar refractivity (Wildman–Crippen MR) is 70.7 cm³/mol. The summed E-state index contributed by atoms with van der Waals surface area (Å²) in [6.07, 6.45) is 1.22. The summed E-state index contributed by atoms with van der Waals surface area (Å²) in [7, 11) is 2.01. The van der Waals surface area contributed by atoms with Gasteiger partial charge in [0.1, 0.15) is 0 Å². The molecule has 2 nitrogen and oxygen atoms in total. The van der Waals surface area contributed by atoms with Crippen molar-refractivity contribution >= 4 is 0 Å². The van der Waals surface area contributed by atoms with E-state index in [4.69, 9.17) is 0 Å². The summed E-state index contributed by atoms with van der Waals surface area (Å²) in [5.74, 6) is 0. The Labute approximate surface area is 99.7 Å². The Bertz CT molecular complexity index is 297. The zero-order valence-corrected chi connectivity index (χ0v) is 10.8. The molecule has 90 valence electrons. The van der Waals surface area contributed by atoms with E-state index in [1.807, 2.05) is 7.05 Å². The molecule has 1 aromatic rings. The molecule has 1 N–H and O–H groups in total. The van der Waals surface area contributed by atoms with E-state index in [0.29, 0.717) is 0 Å². The predicted octanol–water partition coefficient (Wildman–Crippen LogP) is 2.43. The highest BCUT2D eigenvalue weighted by Crippen LogP contribution is 2.07. The molecule has 0 aliphatic rings. The van der Waals surface area contributed by atoms with E-state index in [9.17, 15) is 0 Å². The van der Waals surface area contributed by atoms with Gasteiger partial charge in [0.05, 0.1) is 0 Å². The van der Waals surface area contributed by atoms with Gasteiger partial charge in [0, 0.05) is 19.6 Å². The quantitative estimate of drug-likeness (QED) is 0.759. The van der Waals surface area contributed by atoms with Gasteiger partial charge in [-0.05, 0) is 32.5 Å². The molecule has 16 heavy (non-hydrogen) atoms. The molecule has 2 heteroatoms. The summed E-state index contributed by atoms with van der Waals surface area (Å²) in [6, 6.07) is 8.80. The molecule has 0 amide bonds. The summed E-state index contributed by atoms with van der Waals surface area (Å²) in [6.45, 7) is 8.82. The number of aryl methyl sites for hydroxylation is 1. The summed E-state index contributed by atoms with van der Waals surface area (Å²) >= 11 is 0. The van der Waals surface area contributed by atoms with Crippen LogP contribution < -0.4 is 5.32 Å². The number of hydrogen-bond acceptors (Lipinski definition) is 2. The summed E-state index contributed by atoms with van der Waals surface area (Å²) in [4.78, 5) is 2.51. The maximum absolute atomic E-state index is 3.21. The van der Waals surface area contributed by atoms with Gasteiger partial charge in [-0.3, -0.25) is 4.90 Å². The second-order valence-electron chi connectivity index (χ2n) is 4.37. The molecule has 1 aromatic carbocycles. The van der Waals surface area contributed by atoms with Gasteiger partial charge in [-0.15, -0.1) is 0 Å². The van der Waals surface area contributed by atoms with Crippen molar-refractivity contribution in [2.75, 3.05) is 26.7 Å². The largest absolute Gasteiger partial charge is 0.318 e. The topological polar surface area (TPSA) is 15.3 Å². The van der Waals surface area contributed by atoms with Gasteiger partial charge in [0.2, 0.25) is 0 Å². The van der Waals surface area contributed by atoms with Crippen LogP contribution in [-0.4, -0.2) is 31.6 Å². The van der Waals surface area contributed by atoms with Gasteiger partial charge in [-0.2, -0.15) is 0 Å². The minimum atomic E-state index is 1.06. The van der Waals surface area contributed by atoms with Gasteiger partial charge in [0.15, 0.2) is 0 Å². The van der Waals surface area contributed by atoms with Crippen molar-refractivity contribution in [3.05, 3.63) is 35.4 Å². The van der Waals surface area contributed by atoms with Crippen molar-refractivity contribution in [2.45, 2.75) is 26.8 Å². The maximum Gasteiger partial charge on any atom is 0.0234 e. The zero-order valence-electron chi connectivity index (χ0n) is 10.8. The molecule has 0 heterocycles. The normalized spacial score (nSPS) is 11.0. The summed E-state index contributed by atoms with van der Waals surface area (Å²) in [5, 5.41) is 3.21. The lowest BCUT2D eigenvalue weighted by molar-refractivity contribution is 0.268. The smallest absolute Gasteiger partial charge is 0.0234 e. The zero-order chi connectivity index (χ0) is 11.8. The minimum absolute atomic E-state index is 1.06. The van der Waals surface area contributed by atoms with Crippen LogP contribution >= 0.6 is 0 Å². The SMILES string of the molecule is CCCN(CCNC)Cc1cccc(C)c1. The van der Waals surface area contributed by atoms with Gasteiger partial charge in [0.25, 0.3) is 0 Å². The molecule has 0 unspecified atom stereocenters. The van der Waals surface area contributed by atoms with Crippen LogP contribution in [0.1, 0.15) is 24.5 Å². The number of hydrogen-bond donors (Lipinski definition) is 1. The molecule has 0 aromatic heterocycles. The van der Waals surface area contributed by atoms with Crippen molar-refractivity contribution in [1.29, 1.82) is 0 Å². The first-order valence-electron chi connectivity index (χ1n) is 6.18. The van der Waals surface area contributed by atoms with E-state index >= 15 is 0 Å². The molecule has 0 atom stereocenters. The summed E-state index contributed by atoms with van der Waals surface area (Å²) in [5.41, 5.74) is 2.77. The molecule has 0 radical (unpaired) electrons. The van der Waals surface area contributed by atoms with Crippen LogP contribution in [0.4, 0.5) is 0 Å². The van der Waals surface area contributed by atoms with E-state index < -0.39 is 0 Å². The highest BCUT2D eigenvalue weighted by Gasteiger charge is 2.04. The lowest BCUT2D eigenvalue weighted by atomic mass is 10.1. The van der Waals surface area contributed by atoms with Gasteiger partial charge in [-0.25, -0.2) is 0 Å². The van der Waals surface area contributed by atoms with Crippen LogP contribution in [0.3, 0.4) is 0 Å². The van der Waals surface area contributed by atoms with Crippen molar-refractivity contribution < 1.29 is 0 Å². The number of likely N-dealkylation sites (N-methyl/N-ethyl adjacent to an activating group) is 1. The van der Waals surface area contributed by atoms with E-state index in [1.54, 1.807) is 0 Å². The maximum atomic E-state index is 3.21. The van der Waals surface area contributed by atoms with E-state index in [2.05, 4.69) is 48.3 Å². The third-order valence-corrected chi connectivity index (χ3v) is 2.71.